The minimum absolute atomic E-state index is 0.0142. The second kappa shape index (κ2) is 8.03. The maximum atomic E-state index is 10.2. The second-order valence-corrected chi connectivity index (χ2v) is 7.55. The Morgan fingerprint density at radius 2 is 1.61 bits per heavy atom. The summed E-state index contributed by atoms with van der Waals surface area (Å²) in [5, 5.41) is 21.2. The van der Waals surface area contributed by atoms with E-state index in [4.69, 9.17) is 5.41 Å². The van der Waals surface area contributed by atoms with Gasteiger partial charge in [0.25, 0.3) is 0 Å². The lowest BCUT2D eigenvalue weighted by Crippen LogP contribution is -2.38. The molecule has 2 N–H and O–H groups in total. The van der Waals surface area contributed by atoms with Crippen LogP contribution in [-0.2, 0) is 13.0 Å². The van der Waals surface area contributed by atoms with E-state index in [1.54, 1.807) is 0 Å². The highest BCUT2D eigenvalue weighted by atomic mass is 16.3. The Hall–Kier alpha value is -2.85. The first-order valence-electron chi connectivity index (χ1n) is 9.93. The van der Waals surface area contributed by atoms with E-state index in [1.165, 1.54) is 16.7 Å². The molecule has 3 aromatic rings. The van der Waals surface area contributed by atoms with E-state index >= 15 is 0 Å². The van der Waals surface area contributed by atoms with Gasteiger partial charge in [-0.1, -0.05) is 72.3 Å². The summed E-state index contributed by atoms with van der Waals surface area (Å²) in [5.41, 5.74) is 4.05. The summed E-state index contributed by atoms with van der Waals surface area (Å²) < 4.78 is 4.09. The maximum absolute atomic E-state index is 10.2. The molecule has 0 saturated carbocycles. The number of hydrogen-bond donors (Lipinski definition) is 2. The van der Waals surface area contributed by atoms with Crippen molar-refractivity contribution < 1.29 is 5.11 Å². The fraction of sp³-hybridized carbons (Fsp3) is 0.292. The van der Waals surface area contributed by atoms with Crippen molar-refractivity contribution in [2.75, 3.05) is 6.61 Å². The van der Waals surface area contributed by atoms with Crippen molar-refractivity contribution in [1.29, 1.82) is 5.41 Å². The number of imidazole rings is 1. The number of rotatable bonds is 6. The van der Waals surface area contributed by atoms with Gasteiger partial charge in [-0.2, -0.15) is 0 Å². The molecule has 1 aromatic heterocycles. The molecule has 0 radical (unpaired) electrons. The Labute approximate surface area is 165 Å². The van der Waals surface area contributed by atoms with E-state index in [9.17, 15) is 5.11 Å². The van der Waals surface area contributed by atoms with E-state index in [0.717, 1.165) is 23.5 Å². The van der Waals surface area contributed by atoms with E-state index < -0.39 is 0 Å². The largest absolute Gasteiger partial charge is 0.394 e. The Bertz CT molecular complexity index is 1120. The number of nitrogens with one attached hydrogen (secondary N) is 1. The van der Waals surface area contributed by atoms with Crippen molar-refractivity contribution in [1.82, 2.24) is 9.13 Å². The van der Waals surface area contributed by atoms with Crippen molar-refractivity contribution in [3.63, 3.8) is 0 Å². The summed E-state index contributed by atoms with van der Waals surface area (Å²) >= 11 is 0. The molecule has 0 fully saturated rings. The third-order valence-electron chi connectivity index (χ3n) is 5.49. The molecule has 0 saturated heterocycles. The molecule has 2 aromatic carbocycles. The predicted molar refractivity (Wildman–Crippen MR) is 112 cm³/mol. The number of aromatic nitrogens is 2. The van der Waals surface area contributed by atoms with Crippen LogP contribution in [0, 0.1) is 12.3 Å². The smallest absolute Gasteiger partial charge is 0.203 e. The summed E-state index contributed by atoms with van der Waals surface area (Å²) in [6.45, 7) is 2.77. The zero-order valence-corrected chi connectivity index (χ0v) is 16.3. The van der Waals surface area contributed by atoms with Crippen LogP contribution in [0.15, 0.2) is 54.6 Å². The van der Waals surface area contributed by atoms with Crippen molar-refractivity contribution >= 4 is 12.2 Å². The molecule has 1 atom stereocenters. The maximum Gasteiger partial charge on any atom is 0.203 e. The zero-order chi connectivity index (χ0) is 19.5. The third-order valence-corrected chi connectivity index (χ3v) is 5.49. The molecule has 1 aliphatic carbocycles. The summed E-state index contributed by atoms with van der Waals surface area (Å²) in [7, 11) is 0. The number of nitrogens with zero attached hydrogens (tertiary/aromatic N) is 2. The fourth-order valence-electron chi connectivity index (χ4n) is 4.01. The molecular formula is C24H27N3O. The topological polar surface area (TPSA) is 53.9 Å². The quantitative estimate of drug-likeness (QED) is 0.684. The molecule has 4 rings (SSSR count). The van der Waals surface area contributed by atoms with Gasteiger partial charge < -0.3 is 14.2 Å². The van der Waals surface area contributed by atoms with Crippen LogP contribution in [0.5, 0.6) is 0 Å². The minimum atomic E-state index is -0.148. The highest BCUT2D eigenvalue weighted by Gasteiger charge is 2.18. The number of aryl methyl sites for hydroxylation is 1. The highest BCUT2D eigenvalue weighted by Crippen LogP contribution is 2.11. The van der Waals surface area contributed by atoms with Crippen molar-refractivity contribution in [2.45, 2.75) is 38.8 Å². The minimum Gasteiger partial charge on any atom is -0.394 e. The van der Waals surface area contributed by atoms with Gasteiger partial charge in [0.05, 0.1) is 29.9 Å². The molecule has 144 valence electrons. The molecule has 0 bridgehead atoms. The molecule has 1 heterocycles. The lowest BCUT2D eigenvalue weighted by molar-refractivity contribution is 0.220. The first-order chi connectivity index (χ1) is 13.7. The van der Waals surface area contributed by atoms with Gasteiger partial charge in [-0.15, -0.1) is 0 Å². The van der Waals surface area contributed by atoms with Crippen molar-refractivity contribution in [2.24, 2.45) is 0 Å². The predicted octanol–water partition coefficient (Wildman–Crippen LogP) is 2.26. The standard InChI is InChI=1S/C24H27N3O/c1-18-11-13-20(14-12-18)16-26-22-9-5-6-10-23(22)27(24(26)25)21(17-28)15-19-7-3-2-4-8-19/h2-4,7-14,21,25,28H,5-6,15-17H2,1H3. The Balaban J connectivity index is 1.79. The Kier molecular flexibility index (Phi) is 5.31. The summed E-state index contributed by atoms with van der Waals surface area (Å²) in [4.78, 5) is 0. The van der Waals surface area contributed by atoms with E-state index in [1.807, 2.05) is 22.8 Å². The lowest BCUT2D eigenvalue weighted by atomic mass is 10.1. The summed E-state index contributed by atoms with van der Waals surface area (Å²) in [5.74, 6) is 0. The average molecular weight is 374 g/mol. The van der Waals surface area contributed by atoms with Gasteiger partial charge >= 0.3 is 0 Å². The Morgan fingerprint density at radius 3 is 2.29 bits per heavy atom. The molecule has 0 spiro atoms. The van der Waals surface area contributed by atoms with Gasteiger partial charge in [-0.05, 0) is 37.3 Å². The second-order valence-electron chi connectivity index (χ2n) is 7.55. The van der Waals surface area contributed by atoms with Crippen LogP contribution in [0.1, 0.15) is 35.6 Å². The van der Waals surface area contributed by atoms with Gasteiger partial charge in [0.1, 0.15) is 0 Å². The number of hydrogen-bond acceptors (Lipinski definition) is 2. The van der Waals surface area contributed by atoms with Gasteiger partial charge in [0.15, 0.2) is 0 Å². The first-order valence-corrected chi connectivity index (χ1v) is 9.93. The van der Waals surface area contributed by atoms with Crippen LogP contribution in [-0.4, -0.2) is 20.8 Å². The van der Waals surface area contributed by atoms with Crippen LogP contribution in [0.4, 0.5) is 0 Å². The van der Waals surface area contributed by atoms with Crippen molar-refractivity contribution in [3.8, 4) is 0 Å². The van der Waals surface area contributed by atoms with Crippen LogP contribution in [0.2, 0.25) is 0 Å². The first kappa shape index (κ1) is 18.5. The van der Waals surface area contributed by atoms with Crippen molar-refractivity contribution in [3.05, 3.63) is 87.6 Å². The SMILES string of the molecule is Cc1ccc(Cn2c3c(n(C(CO)Cc4ccccc4)c2=N)=CCCC=3)cc1. The molecule has 4 nitrogen and oxygen atoms in total. The van der Waals surface area contributed by atoms with E-state index in [2.05, 4.69) is 60.0 Å². The van der Waals surface area contributed by atoms with Gasteiger partial charge in [-0.25, -0.2) is 0 Å². The summed E-state index contributed by atoms with van der Waals surface area (Å²) in [6, 6.07) is 18.6. The molecule has 28 heavy (non-hydrogen) atoms. The van der Waals surface area contributed by atoms with Gasteiger partial charge in [0.2, 0.25) is 5.62 Å². The van der Waals surface area contributed by atoms with Gasteiger partial charge in [-0.3, -0.25) is 5.41 Å². The number of aliphatic hydroxyl groups is 1. The lowest BCUT2D eigenvalue weighted by Gasteiger charge is -2.17. The number of fused-ring (bicyclic) bond motifs is 1. The van der Waals surface area contributed by atoms with Gasteiger partial charge in [0, 0.05) is 0 Å². The van der Waals surface area contributed by atoms with Crippen LogP contribution in [0.3, 0.4) is 0 Å². The van der Waals surface area contributed by atoms with E-state index in [0.29, 0.717) is 18.6 Å². The fourth-order valence-corrected chi connectivity index (χ4v) is 4.01. The number of aliphatic hydroxyl groups excluding tert-OH is 1. The van der Waals surface area contributed by atoms with Crippen LogP contribution in [0.25, 0.3) is 12.2 Å². The summed E-state index contributed by atoms with van der Waals surface area (Å²) in [6.07, 6.45) is 7.13. The van der Waals surface area contributed by atoms with Crippen LogP contribution >= 0.6 is 0 Å². The Morgan fingerprint density at radius 1 is 0.929 bits per heavy atom. The molecule has 1 unspecified atom stereocenters. The molecule has 0 aliphatic heterocycles. The third kappa shape index (κ3) is 3.60. The van der Waals surface area contributed by atoms with Crippen LogP contribution < -0.4 is 16.3 Å². The molecular weight excluding hydrogens is 346 g/mol. The molecule has 4 heteroatoms. The highest BCUT2D eigenvalue weighted by molar-refractivity contribution is 5.34. The monoisotopic (exact) mass is 373 g/mol. The zero-order valence-electron chi connectivity index (χ0n) is 16.3. The molecule has 1 aliphatic rings. The molecule has 0 amide bonds. The van der Waals surface area contributed by atoms with E-state index in [-0.39, 0.29) is 12.6 Å². The number of benzene rings is 2. The normalized spacial score (nSPS) is 14.1. The average Bonchev–Trinajstić information content (AvgIpc) is 3.00.